The number of benzene rings is 1. The fourth-order valence-electron chi connectivity index (χ4n) is 1.23. The van der Waals surface area contributed by atoms with Crippen molar-refractivity contribution in [2.45, 2.75) is 0 Å². The summed E-state index contributed by atoms with van der Waals surface area (Å²) in [6, 6.07) is 7.06. The van der Waals surface area contributed by atoms with Gasteiger partial charge in [-0.2, -0.15) is 0 Å². The molecule has 0 fully saturated rings. The molecule has 0 bridgehead atoms. The van der Waals surface area contributed by atoms with Gasteiger partial charge in [-0.25, -0.2) is 0 Å². The molecule has 0 unspecified atom stereocenters. The molecule has 76 valence electrons. The van der Waals surface area contributed by atoms with Crippen molar-refractivity contribution < 1.29 is 4.74 Å². The van der Waals surface area contributed by atoms with Crippen molar-refractivity contribution in [1.29, 1.82) is 0 Å². The minimum atomic E-state index is -0.254. The lowest BCUT2D eigenvalue weighted by Crippen LogP contribution is -2.11. The van der Waals surface area contributed by atoms with E-state index in [-0.39, 0.29) is 5.56 Å². The lowest BCUT2D eigenvalue weighted by molar-refractivity contribution is 0.415. The van der Waals surface area contributed by atoms with Crippen LogP contribution in [0.1, 0.15) is 0 Å². The number of hydrogen-bond acceptors (Lipinski definition) is 4. The molecular weight excluding hydrogens is 194 g/mol. The van der Waals surface area contributed by atoms with Crippen molar-refractivity contribution in [2.24, 2.45) is 0 Å². The van der Waals surface area contributed by atoms with E-state index in [1.54, 1.807) is 31.4 Å². The van der Waals surface area contributed by atoms with Crippen LogP contribution in [0.4, 0.5) is 0 Å². The van der Waals surface area contributed by atoms with Gasteiger partial charge in [0, 0.05) is 5.56 Å². The van der Waals surface area contributed by atoms with Gasteiger partial charge in [0.15, 0.2) is 5.69 Å². The molecule has 1 aromatic heterocycles. The van der Waals surface area contributed by atoms with Crippen LogP contribution in [0.3, 0.4) is 0 Å². The maximum atomic E-state index is 11.4. The third-order valence-electron chi connectivity index (χ3n) is 1.99. The van der Waals surface area contributed by atoms with Gasteiger partial charge in [0.2, 0.25) is 0 Å². The highest BCUT2D eigenvalue weighted by atomic mass is 16.5. The van der Waals surface area contributed by atoms with Gasteiger partial charge in [-0.1, -0.05) is 0 Å². The molecule has 2 rings (SSSR count). The molecule has 1 aromatic carbocycles. The standard InChI is InChI=1S/C10H9N3O2/c1-15-8-4-2-7(3-5-8)9-10(14)11-6-12-13-9/h2-6H,1H3,(H,11,12,14). The molecule has 0 spiro atoms. The minimum Gasteiger partial charge on any atom is -0.497 e. The average Bonchev–Trinajstić information content (AvgIpc) is 2.30. The molecule has 0 atom stereocenters. The second-order valence-electron chi connectivity index (χ2n) is 2.90. The van der Waals surface area contributed by atoms with Crippen LogP contribution in [0, 0.1) is 0 Å². The van der Waals surface area contributed by atoms with Crippen LogP contribution in [-0.2, 0) is 0 Å². The first kappa shape index (κ1) is 9.39. The molecule has 5 heteroatoms. The number of aromatic amines is 1. The van der Waals surface area contributed by atoms with E-state index in [0.29, 0.717) is 11.3 Å². The van der Waals surface area contributed by atoms with Crippen molar-refractivity contribution in [3.63, 3.8) is 0 Å². The Kier molecular flexibility index (Phi) is 2.45. The van der Waals surface area contributed by atoms with Crippen LogP contribution in [0.5, 0.6) is 5.75 Å². The normalized spacial score (nSPS) is 9.93. The van der Waals surface area contributed by atoms with Crippen LogP contribution in [0.2, 0.25) is 0 Å². The predicted octanol–water partition coefficient (Wildman–Crippen LogP) is 0.841. The highest BCUT2D eigenvalue weighted by Gasteiger charge is 2.04. The topological polar surface area (TPSA) is 67.9 Å². The smallest absolute Gasteiger partial charge is 0.277 e. The quantitative estimate of drug-likeness (QED) is 0.785. The zero-order chi connectivity index (χ0) is 10.7. The Morgan fingerprint density at radius 1 is 1.27 bits per heavy atom. The lowest BCUT2D eigenvalue weighted by Gasteiger charge is -2.00. The van der Waals surface area contributed by atoms with E-state index >= 15 is 0 Å². The van der Waals surface area contributed by atoms with Crippen LogP contribution in [0.25, 0.3) is 11.3 Å². The molecule has 0 aliphatic carbocycles. The molecule has 1 N–H and O–H groups in total. The monoisotopic (exact) mass is 203 g/mol. The largest absolute Gasteiger partial charge is 0.497 e. The number of aromatic nitrogens is 3. The van der Waals surface area contributed by atoms with E-state index in [1.807, 2.05) is 0 Å². The maximum Gasteiger partial charge on any atom is 0.277 e. The Morgan fingerprint density at radius 3 is 2.60 bits per heavy atom. The van der Waals surface area contributed by atoms with Gasteiger partial charge >= 0.3 is 0 Å². The highest BCUT2D eigenvalue weighted by Crippen LogP contribution is 2.16. The van der Waals surface area contributed by atoms with E-state index in [0.717, 1.165) is 5.75 Å². The fourth-order valence-corrected chi connectivity index (χ4v) is 1.23. The van der Waals surface area contributed by atoms with E-state index < -0.39 is 0 Å². The third-order valence-corrected chi connectivity index (χ3v) is 1.99. The van der Waals surface area contributed by atoms with Crippen LogP contribution in [0.15, 0.2) is 35.4 Å². The van der Waals surface area contributed by atoms with Crippen molar-refractivity contribution >= 4 is 0 Å². The molecule has 0 aliphatic rings. The van der Waals surface area contributed by atoms with E-state index in [1.165, 1.54) is 6.33 Å². The fraction of sp³-hybridized carbons (Fsp3) is 0.100. The summed E-state index contributed by atoms with van der Waals surface area (Å²) in [6.07, 6.45) is 1.26. The Bertz CT molecular complexity index is 505. The second kappa shape index (κ2) is 3.91. The molecule has 2 aromatic rings. The summed E-state index contributed by atoms with van der Waals surface area (Å²) in [4.78, 5) is 13.9. The number of nitrogens with one attached hydrogen (secondary N) is 1. The summed E-state index contributed by atoms with van der Waals surface area (Å²) >= 11 is 0. The number of methoxy groups -OCH3 is 1. The summed E-state index contributed by atoms with van der Waals surface area (Å²) in [5, 5.41) is 7.40. The summed E-state index contributed by atoms with van der Waals surface area (Å²) in [7, 11) is 1.59. The Morgan fingerprint density at radius 2 is 2.00 bits per heavy atom. The lowest BCUT2D eigenvalue weighted by atomic mass is 10.1. The van der Waals surface area contributed by atoms with Gasteiger partial charge in [0.05, 0.1) is 7.11 Å². The van der Waals surface area contributed by atoms with Crippen molar-refractivity contribution in [3.8, 4) is 17.0 Å². The molecular formula is C10H9N3O2. The van der Waals surface area contributed by atoms with Gasteiger partial charge in [0.1, 0.15) is 12.1 Å². The van der Waals surface area contributed by atoms with Crippen LogP contribution >= 0.6 is 0 Å². The van der Waals surface area contributed by atoms with Crippen molar-refractivity contribution in [2.75, 3.05) is 7.11 Å². The summed E-state index contributed by atoms with van der Waals surface area (Å²) < 4.78 is 5.01. The van der Waals surface area contributed by atoms with E-state index in [2.05, 4.69) is 15.2 Å². The highest BCUT2D eigenvalue weighted by molar-refractivity contribution is 5.58. The average molecular weight is 203 g/mol. The predicted molar refractivity (Wildman–Crippen MR) is 54.6 cm³/mol. The molecule has 0 radical (unpaired) electrons. The molecule has 5 nitrogen and oxygen atoms in total. The van der Waals surface area contributed by atoms with Gasteiger partial charge in [0.25, 0.3) is 5.56 Å². The minimum absolute atomic E-state index is 0.254. The second-order valence-corrected chi connectivity index (χ2v) is 2.90. The van der Waals surface area contributed by atoms with Gasteiger partial charge < -0.3 is 9.72 Å². The summed E-state index contributed by atoms with van der Waals surface area (Å²) in [6.45, 7) is 0. The van der Waals surface area contributed by atoms with Crippen LogP contribution < -0.4 is 10.3 Å². The maximum absolute atomic E-state index is 11.4. The first-order valence-electron chi connectivity index (χ1n) is 4.36. The molecule has 0 saturated carbocycles. The summed E-state index contributed by atoms with van der Waals surface area (Å²) in [5.41, 5.74) is 0.764. The zero-order valence-electron chi connectivity index (χ0n) is 8.10. The first-order valence-corrected chi connectivity index (χ1v) is 4.36. The van der Waals surface area contributed by atoms with Gasteiger partial charge in [-0.15, -0.1) is 10.2 Å². The first-order chi connectivity index (χ1) is 7.31. The number of ether oxygens (including phenoxy) is 1. The SMILES string of the molecule is COc1ccc(-c2nnc[nH]c2=O)cc1. The molecule has 15 heavy (non-hydrogen) atoms. The Balaban J connectivity index is 2.46. The Labute approximate surface area is 85.8 Å². The number of hydrogen-bond donors (Lipinski definition) is 1. The van der Waals surface area contributed by atoms with E-state index in [9.17, 15) is 4.79 Å². The summed E-state index contributed by atoms with van der Waals surface area (Å²) in [5.74, 6) is 0.735. The molecule has 1 heterocycles. The number of nitrogens with zero attached hydrogens (tertiary/aromatic N) is 2. The van der Waals surface area contributed by atoms with E-state index in [4.69, 9.17) is 4.74 Å². The van der Waals surface area contributed by atoms with Gasteiger partial charge in [-0.3, -0.25) is 4.79 Å². The Hall–Kier alpha value is -2.17. The number of H-pyrrole nitrogens is 1. The number of rotatable bonds is 2. The third kappa shape index (κ3) is 1.85. The van der Waals surface area contributed by atoms with Crippen LogP contribution in [-0.4, -0.2) is 22.3 Å². The molecule has 0 aliphatic heterocycles. The molecule has 0 saturated heterocycles. The van der Waals surface area contributed by atoms with Crippen molar-refractivity contribution in [3.05, 3.63) is 40.9 Å². The van der Waals surface area contributed by atoms with Gasteiger partial charge in [-0.05, 0) is 24.3 Å². The van der Waals surface area contributed by atoms with Crippen molar-refractivity contribution in [1.82, 2.24) is 15.2 Å². The molecule has 0 amide bonds. The zero-order valence-corrected chi connectivity index (χ0v) is 8.10.